The van der Waals surface area contributed by atoms with Gasteiger partial charge in [0.1, 0.15) is 11.4 Å². The van der Waals surface area contributed by atoms with E-state index in [1.54, 1.807) is 17.2 Å². The second-order valence-electron chi connectivity index (χ2n) is 6.91. The molecule has 0 amide bonds. The van der Waals surface area contributed by atoms with Gasteiger partial charge in [-0.25, -0.2) is 4.98 Å². The minimum Gasteiger partial charge on any atom is -0.372 e. The maximum Gasteiger partial charge on any atom is 0.421 e. The summed E-state index contributed by atoms with van der Waals surface area (Å²) in [7, 11) is 1.38. The van der Waals surface area contributed by atoms with E-state index in [-0.39, 0.29) is 23.8 Å². The van der Waals surface area contributed by atoms with E-state index in [9.17, 15) is 13.2 Å². The molecule has 3 aromatic heterocycles. The van der Waals surface area contributed by atoms with Crippen LogP contribution in [-0.2, 0) is 6.18 Å². The molecule has 0 aliphatic heterocycles. The highest BCUT2D eigenvalue weighted by Gasteiger charge is 2.35. The van der Waals surface area contributed by atoms with Crippen molar-refractivity contribution in [3.05, 3.63) is 36.0 Å². The molecule has 3 aromatic rings. The highest BCUT2D eigenvalue weighted by Crippen LogP contribution is 2.38. The topological polar surface area (TPSA) is 98.4 Å². The van der Waals surface area contributed by atoms with Crippen molar-refractivity contribution in [1.82, 2.24) is 34.7 Å². The average Bonchev–Trinajstić information content (AvgIpc) is 3.41. The van der Waals surface area contributed by atoms with Gasteiger partial charge in [0, 0.05) is 19.4 Å². The van der Waals surface area contributed by atoms with Crippen LogP contribution in [0, 0.1) is 6.92 Å². The lowest BCUT2D eigenvalue weighted by molar-refractivity contribution is -0.137. The Bertz CT molecular complexity index is 981. The number of halogens is 3. The van der Waals surface area contributed by atoms with Crippen molar-refractivity contribution < 1.29 is 13.2 Å². The van der Waals surface area contributed by atoms with Crippen molar-refractivity contribution in [3.8, 4) is 0 Å². The molecule has 0 bridgehead atoms. The Balaban J connectivity index is 1.50. The maximum atomic E-state index is 13.0. The molecule has 29 heavy (non-hydrogen) atoms. The number of rotatable bonds is 5. The smallest absolute Gasteiger partial charge is 0.372 e. The molecule has 1 aliphatic rings. The van der Waals surface area contributed by atoms with Gasteiger partial charge < -0.3 is 10.6 Å². The number of anilines is 3. The Kier molecular flexibility index (Phi) is 4.84. The Labute approximate surface area is 164 Å². The van der Waals surface area contributed by atoms with Crippen molar-refractivity contribution in [2.75, 3.05) is 17.7 Å². The van der Waals surface area contributed by atoms with E-state index in [0.717, 1.165) is 25.5 Å². The molecule has 12 heteroatoms. The Morgan fingerprint density at radius 1 is 1.14 bits per heavy atom. The van der Waals surface area contributed by atoms with Crippen LogP contribution in [0.15, 0.2) is 24.8 Å². The van der Waals surface area contributed by atoms with Crippen molar-refractivity contribution >= 4 is 17.5 Å². The summed E-state index contributed by atoms with van der Waals surface area (Å²) in [5.74, 6) is -0.222. The van der Waals surface area contributed by atoms with Gasteiger partial charge in [0.05, 0.1) is 35.9 Å². The molecular formula is C17H20F3N9. The van der Waals surface area contributed by atoms with Crippen LogP contribution in [0.5, 0.6) is 0 Å². The van der Waals surface area contributed by atoms with Crippen LogP contribution in [0.2, 0.25) is 0 Å². The molecule has 1 aliphatic carbocycles. The number of nitrogens with zero attached hydrogens (tertiary/aromatic N) is 7. The second kappa shape index (κ2) is 7.33. The first kappa shape index (κ1) is 19.2. The van der Waals surface area contributed by atoms with Crippen LogP contribution in [0.4, 0.5) is 30.6 Å². The molecule has 0 saturated heterocycles. The van der Waals surface area contributed by atoms with Gasteiger partial charge in [0.25, 0.3) is 0 Å². The minimum atomic E-state index is -4.53. The normalized spacial score (nSPS) is 19.5. The first-order chi connectivity index (χ1) is 13.8. The van der Waals surface area contributed by atoms with Gasteiger partial charge in [0.2, 0.25) is 5.95 Å². The fourth-order valence-electron chi connectivity index (χ4n) is 3.55. The molecule has 9 nitrogen and oxygen atoms in total. The standard InChI is InChI=1S/C17H20F3N9/c1-10-14(25-16-22-8-13(17(18,19)20)15(21-2)26-16)9-28(27-10)11-3-4-12(7-11)29-23-5-6-24-29/h5-6,8-9,11-12H,3-4,7H2,1-2H3,(H2,21,22,25,26). The Morgan fingerprint density at radius 2 is 1.86 bits per heavy atom. The van der Waals surface area contributed by atoms with E-state index in [1.165, 1.54) is 7.05 Å². The van der Waals surface area contributed by atoms with Gasteiger partial charge in [-0.3, -0.25) is 4.68 Å². The molecule has 0 aromatic carbocycles. The van der Waals surface area contributed by atoms with Gasteiger partial charge in [0.15, 0.2) is 0 Å². The summed E-state index contributed by atoms with van der Waals surface area (Å²) < 4.78 is 40.9. The predicted molar refractivity (Wildman–Crippen MR) is 98.8 cm³/mol. The average molecular weight is 407 g/mol. The number of nitrogens with one attached hydrogen (secondary N) is 2. The van der Waals surface area contributed by atoms with E-state index in [0.29, 0.717) is 11.4 Å². The third kappa shape index (κ3) is 3.87. The summed E-state index contributed by atoms with van der Waals surface area (Å²) >= 11 is 0. The third-order valence-corrected chi connectivity index (χ3v) is 5.01. The zero-order valence-electron chi connectivity index (χ0n) is 15.8. The first-order valence-corrected chi connectivity index (χ1v) is 9.15. The molecule has 2 unspecified atom stereocenters. The molecular weight excluding hydrogens is 387 g/mol. The highest BCUT2D eigenvalue weighted by atomic mass is 19.4. The van der Waals surface area contributed by atoms with E-state index < -0.39 is 11.7 Å². The molecule has 2 N–H and O–H groups in total. The monoisotopic (exact) mass is 407 g/mol. The van der Waals surface area contributed by atoms with E-state index in [2.05, 4.69) is 35.9 Å². The van der Waals surface area contributed by atoms with E-state index >= 15 is 0 Å². The molecule has 3 heterocycles. The number of aromatic nitrogens is 7. The van der Waals surface area contributed by atoms with Gasteiger partial charge in [-0.15, -0.1) is 0 Å². The quantitative estimate of drug-likeness (QED) is 0.669. The Morgan fingerprint density at radius 3 is 2.55 bits per heavy atom. The third-order valence-electron chi connectivity index (χ3n) is 5.01. The number of alkyl halides is 3. The Hall–Kier alpha value is -3.18. The van der Waals surface area contributed by atoms with Crippen LogP contribution in [0.3, 0.4) is 0 Å². The van der Waals surface area contributed by atoms with Gasteiger partial charge in [-0.2, -0.15) is 38.2 Å². The first-order valence-electron chi connectivity index (χ1n) is 9.15. The van der Waals surface area contributed by atoms with Crippen LogP contribution in [0.25, 0.3) is 0 Å². The minimum absolute atomic E-state index is 0.0649. The van der Waals surface area contributed by atoms with E-state index in [1.807, 2.05) is 17.8 Å². The maximum absolute atomic E-state index is 13.0. The molecule has 1 saturated carbocycles. The van der Waals surface area contributed by atoms with Gasteiger partial charge in [-0.1, -0.05) is 0 Å². The van der Waals surface area contributed by atoms with E-state index in [4.69, 9.17) is 0 Å². The summed E-state index contributed by atoms with van der Waals surface area (Å²) in [6.45, 7) is 1.82. The zero-order valence-corrected chi connectivity index (χ0v) is 15.8. The largest absolute Gasteiger partial charge is 0.421 e. The molecule has 0 radical (unpaired) electrons. The number of hydrogen-bond acceptors (Lipinski definition) is 7. The fourth-order valence-corrected chi connectivity index (χ4v) is 3.55. The molecule has 1 fully saturated rings. The summed E-state index contributed by atoms with van der Waals surface area (Å²) in [6.07, 6.45) is 4.14. The van der Waals surface area contributed by atoms with Crippen LogP contribution >= 0.6 is 0 Å². The highest BCUT2D eigenvalue weighted by molar-refractivity contribution is 5.57. The van der Waals surface area contributed by atoms with Crippen LogP contribution in [0.1, 0.15) is 42.6 Å². The van der Waals surface area contributed by atoms with Crippen molar-refractivity contribution in [2.24, 2.45) is 0 Å². The molecule has 154 valence electrons. The van der Waals surface area contributed by atoms with Crippen molar-refractivity contribution in [2.45, 2.75) is 44.4 Å². The lowest BCUT2D eigenvalue weighted by atomic mass is 10.2. The molecule has 4 rings (SSSR count). The number of aryl methyl sites for hydroxylation is 1. The second-order valence-corrected chi connectivity index (χ2v) is 6.91. The van der Waals surface area contributed by atoms with Crippen molar-refractivity contribution in [3.63, 3.8) is 0 Å². The zero-order chi connectivity index (χ0) is 20.6. The summed E-state index contributed by atoms with van der Waals surface area (Å²) in [4.78, 5) is 9.47. The SMILES string of the molecule is CNc1nc(Nc2cn(C3CCC(n4nccn4)C3)nc2C)ncc1C(F)(F)F. The summed E-state index contributed by atoms with van der Waals surface area (Å²) in [6, 6.07) is 0.425. The lowest BCUT2D eigenvalue weighted by Gasteiger charge is -2.12. The van der Waals surface area contributed by atoms with Gasteiger partial charge >= 0.3 is 6.18 Å². The van der Waals surface area contributed by atoms with Crippen molar-refractivity contribution in [1.29, 1.82) is 0 Å². The summed E-state index contributed by atoms with van der Waals surface area (Å²) in [5, 5.41) is 18.4. The fraction of sp³-hybridized carbons (Fsp3) is 0.471. The lowest BCUT2D eigenvalue weighted by Crippen LogP contribution is -2.12. The van der Waals surface area contributed by atoms with Crippen LogP contribution in [-0.4, -0.2) is 41.8 Å². The van der Waals surface area contributed by atoms with Gasteiger partial charge in [-0.05, 0) is 26.2 Å². The molecule has 0 spiro atoms. The number of hydrogen-bond donors (Lipinski definition) is 2. The summed E-state index contributed by atoms with van der Waals surface area (Å²) in [5.41, 5.74) is 0.440. The molecule has 2 atom stereocenters. The predicted octanol–water partition coefficient (Wildman–Crippen LogP) is 3.34. The van der Waals surface area contributed by atoms with Crippen LogP contribution < -0.4 is 10.6 Å².